The largest absolute Gasteiger partial charge is 0.129 e. The Labute approximate surface area is 147 Å². The van der Waals surface area contributed by atoms with Gasteiger partial charge >= 0.3 is 0 Å². The lowest BCUT2D eigenvalue weighted by Crippen LogP contribution is -2.66. The van der Waals surface area contributed by atoms with Gasteiger partial charge < -0.3 is 0 Å². The van der Waals surface area contributed by atoms with Gasteiger partial charge in [-0.25, -0.2) is 0 Å². The lowest BCUT2D eigenvalue weighted by Gasteiger charge is -2.69. The predicted octanol–water partition coefficient (Wildman–Crippen LogP) is 7.52. The molecular formula is C20H34Cl2. The highest BCUT2D eigenvalue weighted by Gasteiger charge is 2.72. The molecule has 22 heavy (non-hydrogen) atoms. The van der Waals surface area contributed by atoms with Gasteiger partial charge in [-0.3, -0.25) is 0 Å². The Morgan fingerprint density at radius 1 is 0.727 bits per heavy atom. The molecule has 0 atom stereocenters. The van der Waals surface area contributed by atoms with Crippen LogP contribution < -0.4 is 0 Å². The van der Waals surface area contributed by atoms with Crippen LogP contribution in [-0.4, -0.2) is 4.33 Å². The molecule has 3 saturated carbocycles. The smallest absolute Gasteiger partial charge is 0.100 e. The van der Waals surface area contributed by atoms with E-state index in [9.17, 15) is 0 Å². The van der Waals surface area contributed by atoms with Gasteiger partial charge in [-0.1, -0.05) is 39.5 Å². The molecule has 0 aromatic carbocycles. The minimum Gasteiger partial charge on any atom is -0.100 e. The fourth-order valence-corrected chi connectivity index (χ4v) is 7.18. The Morgan fingerprint density at radius 2 is 1.09 bits per heavy atom. The molecule has 128 valence electrons. The first kappa shape index (κ1) is 17.4. The van der Waals surface area contributed by atoms with Crippen LogP contribution in [0.3, 0.4) is 0 Å². The highest BCUT2D eigenvalue weighted by Crippen LogP contribution is 2.76. The zero-order valence-corrected chi connectivity index (χ0v) is 16.1. The van der Waals surface area contributed by atoms with Gasteiger partial charge in [0.05, 0.1) is 0 Å². The monoisotopic (exact) mass is 344 g/mol. The Morgan fingerprint density at radius 3 is 1.36 bits per heavy atom. The molecule has 3 aliphatic rings. The van der Waals surface area contributed by atoms with E-state index in [1.165, 1.54) is 83.5 Å². The second-order valence-electron chi connectivity index (χ2n) is 8.78. The van der Waals surface area contributed by atoms with Gasteiger partial charge in [-0.2, -0.15) is 0 Å². The van der Waals surface area contributed by atoms with Gasteiger partial charge in [0.1, 0.15) is 4.33 Å². The second-order valence-corrected chi connectivity index (χ2v) is 10.1. The molecule has 0 saturated heterocycles. The molecule has 0 aliphatic heterocycles. The SMILES string of the molecule is CCCC1CC[C@]2(CC1)C[C@@]1(CCC(CCC)CC1)C2(Cl)Cl. The molecule has 3 aliphatic carbocycles. The molecule has 0 bridgehead atoms. The third kappa shape index (κ3) is 2.65. The van der Waals surface area contributed by atoms with Crippen molar-refractivity contribution < 1.29 is 0 Å². The van der Waals surface area contributed by atoms with Gasteiger partial charge in [0, 0.05) is 10.8 Å². The van der Waals surface area contributed by atoms with E-state index in [1.807, 2.05) is 0 Å². The maximum atomic E-state index is 7.09. The van der Waals surface area contributed by atoms with Gasteiger partial charge in [0.25, 0.3) is 0 Å². The summed E-state index contributed by atoms with van der Waals surface area (Å²) in [4.78, 5) is 0. The topological polar surface area (TPSA) is 0 Å². The Bertz CT molecular complexity index is 337. The standard InChI is InChI=1S/C20H34Cl2/c1-3-5-16-7-11-18(12-8-16)15-19(20(18,21)22)13-9-17(6-4-2)10-14-19/h16-17H,3-15H2,1-2H3/t16?,17?,18-,19-. The molecule has 0 aromatic rings. The predicted molar refractivity (Wildman–Crippen MR) is 97.7 cm³/mol. The Balaban J connectivity index is 1.61. The van der Waals surface area contributed by atoms with Crippen LogP contribution in [0.2, 0.25) is 0 Å². The van der Waals surface area contributed by atoms with Crippen LogP contribution >= 0.6 is 23.2 Å². The first-order valence-electron chi connectivity index (χ1n) is 9.86. The summed E-state index contributed by atoms with van der Waals surface area (Å²) in [6.07, 6.45) is 17.4. The summed E-state index contributed by atoms with van der Waals surface area (Å²) in [6, 6.07) is 0. The summed E-state index contributed by atoms with van der Waals surface area (Å²) < 4.78 is -0.436. The summed E-state index contributed by atoms with van der Waals surface area (Å²) in [5.41, 5.74) is 0.524. The molecule has 0 heterocycles. The van der Waals surface area contributed by atoms with Crippen molar-refractivity contribution in [1.82, 2.24) is 0 Å². The third-order valence-electron chi connectivity index (χ3n) is 7.53. The lowest BCUT2D eigenvalue weighted by atomic mass is 9.43. The highest BCUT2D eigenvalue weighted by molar-refractivity contribution is 6.50. The molecule has 0 aromatic heterocycles. The van der Waals surface area contributed by atoms with E-state index in [-0.39, 0.29) is 10.8 Å². The normalized spacial score (nSPS) is 44.2. The van der Waals surface area contributed by atoms with Gasteiger partial charge in [0.15, 0.2) is 0 Å². The summed E-state index contributed by atoms with van der Waals surface area (Å²) in [5.74, 6) is 1.88. The van der Waals surface area contributed by atoms with Crippen molar-refractivity contribution in [3.63, 3.8) is 0 Å². The summed E-state index contributed by atoms with van der Waals surface area (Å²) >= 11 is 14.2. The van der Waals surface area contributed by atoms with Gasteiger partial charge in [0.2, 0.25) is 0 Å². The van der Waals surface area contributed by atoms with Crippen molar-refractivity contribution in [3.05, 3.63) is 0 Å². The van der Waals surface area contributed by atoms with E-state index in [2.05, 4.69) is 13.8 Å². The van der Waals surface area contributed by atoms with Crippen molar-refractivity contribution >= 4 is 23.2 Å². The number of alkyl halides is 2. The van der Waals surface area contributed by atoms with Crippen LogP contribution in [-0.2, 0) is 0 Å². The zero-order chi connectivity index (χ0) is 15.8. The van der Waals surface area contributed by atoms with E-state index in [0.717, 1.165) is 11.8 Å². The molecule has 0 amide bonds. The van der Waals surface area contributed by atoms with Gasteiger partial charge in [-0.15, -0.1) is 23.2 Å². The number of hydrogen-bond acceptors (Lipinski definition) is 0. The first-order chi connectivity index (χ1) is 10.5. The van der Waals surface area contributed by atoms with Crippen molar-refractivity contribution in [2.45, 2.75) is 102 Å². The molecule has 2 spiro atoms. The van der Waals surface area contributed by atoms with E-state index >= 15 is 0 Å². The highest BCUT2D eigenvalue weighted by atomic mass is 35.5. The van der Waals surface area contributed by atoms with Crippen LogP contribution in [0.4, 0.5) is 0 Å². The molecular weight excluding hydrogens is 311 g/mol. The van der Waals surface area contributed by atoms with E-state index in [1.54, 1.807) is 0 Å². The number of hydrogen-bond donors (Lipinski definition) is 0. The van der Waals surface area contributed by atoms with Crippen molar-refractivity contribution in [3.8, 4) is 0 Å². The average Bonchev–Trinajstić information content (AvgIpc) is 2.51. The zero-order valence-electron chi connectivity index (χ0n) is 14.6. The lowest BCUT2D eigenvalue weighted by molar-refractivity contribution is -0.115. The van der Waals surface area contributed by atoms with Crippen LogP contribution in [0.5, 0.6) is 0 Å². The minimum absolute atomic E-state index is 0.262. The first-order valence-corrected chi connectivity index (χ1v) is 10.6. The average molecular weight is 345 g/mol. The van der Waals surface area contributed by atoms with Crippen molar-refractivity contribution in [1.29, 1.82) is 0 Å². The molecule has 3 rings (SSSR count). The molecule has 0 N–H and O–H groups in total. The molecule has 0 unspecified atom stereocenters. The Hall–Kier alpha value is 0.580. The van der Waals surface area contributed by atoms with Gasteiger partial charge in [-0.05, 0) is 69.6 Å². The maximum Gasteiger partial charge on any atom is 0.129 e. The summed E-state index contributed by atoms with van der Waals surface area (Å²) in [5, 5.41) is 0. The quantitative estimate of drug-likeness (QED) is 0.462. The van der Waals surface area contributed by atoms with Crippen LogP contribution in [0.25, 0.3) is 0 Å². The maximum absolute atomic E-state index is 7.09. The second kappa shape index (κ2) is 6.47. The van der Waals surface area contributed by atoms with Crippen LogP contribution in [0.15, 0.2) is 0 Å². The van der Waals surface area contributed by atoms with Crippen LogP contribution in [0.1, 0.15) is 97.3 Å². The van der Waals surface area contributed by atoms with E-state index < -0.39 is 4.33 Å². The fraction of sp³-hybridized carbons (Fsp3) is 1.00. The Kier molecular flexibility index (Phi) is 5.12. The van der Waals surface area contributed by atoms with Crippen molar-refractivity contribution in [2.24, 2.45) is 22.7 Å². The summed E-state index contributed by atoms with van der Waals surface area (Å²) in [7, 11) is 0. The molecule has 2 heteroatoms. The van der Waals surface area contributed by atoms with E-state index in [4.69, 9.17) is 23.2 Å². The molecule has 0 nitrogen and oxygen atoms in total. The molecule has 3 fully saturated rings. The number of rotatable bonds is 4. The third-order valence-corrected chi connectivity index (χ3v) is 9.13. The van der Waals surface area contributed by atoms with Crippen LogP contribution in [0, 0.1) is 22.7 Å². The molecule has 0 radical (unpaired) electrons. The van der Waals surface area contributed by atoms with E-state index in [0.29, 0.717) is 0 Å². The summed E-state index contributed by atoms with van der Waals surface area (Å²) in [6.45, 7) is 4.62. The minimum atomic E-state index is -0.436. The van der Waals surface area contributed by atoms with Crippen molar-refractivity contribution in [2.75, 3.05) is 0 Å². The number of halogens is 2. The fourth-order valence-electron chi connectivity index (χ4n) is 6.16.